The Morgan fingerprint density at radius 3 is 2.78 bits per heavy atom. The first-order valence-electron chi connectivity index (χ1n) is 7.45. The summed E-state index contributed by atoms with van der Waals surface area (Å²) >= 11 is 0. The monoisotopic (exact) mass is 306 g/mol. The van der Waals surface area contributed by atoms with Crippen molar-refractivity contribution in [3.8, 4) is 0 Å². The molecule has 0 spiro atoms. The highest BCUT2D eigenvalue weighted by atomic mass is 16.2. The number of anilines is 1. The van der Waals surface area contributed by atoms with E-state index in [9.17, 15) is 4.79 Å². The molecule has 5 heteroatoms. The van der Waals surface area contributed by atoms with Gasteiger partial charge in [0.25, 0.3) is 0 Å². The molecule has 0 unspecified atom stereocenters. The molecule has 0 atom stereocenters. The molecule has 0 bridgehead atoms. The molecule has 3 aromatic rings. The van der Waals surface area contributed by atoms with Crippen LogP contribution in [0.3, 0.4) is 0 Å². The molecule has 1 aromatic carbocycles. The lowest BCUT2D eigenvalue weighted by Crippen LogP contribution is -2.29. The average Bonchev–Trinajstić information content (AvgIpc) is 2.55. The van der Waals surface area contributed by atoms with Gasteiger partial charge in [-0.25, -0.2) is 4.79 Å². The van der Waals surface area contributed by atoms with E-state index < -0.39 is 0 Å². The van der Waals surface area contributed by atoms with Crippen LogP contribution in [-0.4, -0.2) is 16.0 Å². The molecule has 0 saturated carbocycles. The highest BCUT2D eigenvalue weighted by Gasteiger charge is 2.07. The van der Waals surface area contributed by atoms with Crippen molar-refractivity contribution in [2.45, 2.75) is 20.4 Å². The van der Waals surface area contributed by atoms with E-state index in [1.165, 1.54) is 0 Å². The number of amides is 2. The normalized spacial score (nSPS) is 10.5. The molecule has 0 aliphatic heterocycles. The summed E-state index contributed by atoms with van der Waals surface area (Å²) in [5.41, 5.74) is 4.30. The summed E-state index contributed by atoms with van der Waals surface area (Å²) < 4.78 is 0. The Morgan fingerprint density at radius 2 is 1.96 bits per heavy atom. The predicted molar refractivity (Wildman–Crippen MR) is 91.3 cm³/mol. The summed E-state index contributed by atoms with van der Waals surface area (Å²) in [6, 6.07) is 13.3. The van der Waals surface area contributed by atoms with Gasteiger partial charge in [-0.15, -0.1) is 0 Å². The molecule has 0 fully saturated rings. The van der Waals surface area contributed by atoms with Crippen molar-refractivity contribution in [2.24, 2.45) is 0 Å². The zero-order valence-corrected chi connectivity index (χ0v) is 13.1. The predicted octanol–water partition coefficient (Wildman–Crippen LogP) is 3.57. The second-order valence-corrected chi connectivity index (χ2v) is 5.40. The van der Waals surface area contributed by atoms with Crippen molar-refractivity contribution in [1.82, 2.24) is 15.3 Å². The number of hydrogen-bond donors (Lipinski definition) is 2. The van der Waals surface area contributed by atoms with Gasteiger partial charge in [0, 0.05) is 17.3 Å². The maximum Gasteiger partial charge on any atom is 0.319 e. The number of carbonyl (C=O) groups is 1. The van der Waals surface area contributed by atoms with E-state index in [2.05, 4.69) is 20.6 Å². The quantitative estimate of drug-likeness (QED) is 0.777. The van der Waals surface area contributed by atoms with Crippen LogP contribution < -0.4 is 10.6 Å². The van der Waals surface area contributed by atoms with Gasteiger partial charge in [-0.2, -0.15) is 0 Å². The van der Waals surface area contributed by atoms with Crippen LogP contribution in [0.1, 0.15) is 17.0 Å². The fourth-order valence-electron chi connectivity index (χ4n) is 2.38. The molecule has 2 N–H and O–H groups in total. The average molecular weight is 306 g/mol. The van der Waals surface area contributed by atoms with E-state index in [-0.39, 0.29) is 6.03 Å². The van der Waals surface area contributed by atoms with E-state index in [1.807, 2.05) is 56.3 Å². The van der Waals surface area contributed by atoms with Gasteiger partial charge in [0.2, 0.25) is 0 Å². The Bertz CT molecular complexity index is 861. The number of benzene rings is 1. The lowest BCUT2D eigenvalue weighted by atomic mass is 10.2. The largest absolute Gasteiger partial charge is 0.332 e. The second-order valence-electron chi connectivity index (χ2n) is 5.40. The topological polar surface area (TPSA) is 66.9 Å². The number of aromatic nitrogens is 2. The molecule has 2 amide bonds. The Balaban J connectivity index is 1.73. The zero-order valence-electron chi connectivity index (χ0n) is 13.1. The number of para-hydroxylation sites is 1. The number of nitrogens with one attached hydrogen (secondary N) is 2. The number of urea groups is 1. The molecule has 5 nitrogen and oxygen atoms in total. The van der Waals surface area contributed by atoms with E-state index in [4.69, 9.17) is 0 Å². The first kappa shape index (κ1) is 15.0. The number of rotatable bonds is 3. The molecular weight excluding hydrogens is 288 g/mol. The van der Waals surface area contributed by atoms with Crippen molar-refractivity contribution >= 4 is 22.6 Å². The minimum Gasteiger partial charge on any atom is -0.332 e. The highest BCUT2D eigenvalue weighted by molar-refractivity contribution is 5.99. The van der Waals surface area contributed by atoms with Gasteiger partial charge in [-0.3, -0.25) is 9.97 Å². The number of carbonyl (C=O) groups excluding carboxylic acids is 1. The highest BCUT2D eigenvalue weighted by Crippen LogP contribution is 2.21. The molecule has 0 aliphatic carbocycles. The number of pyridine rings is 2. The Hall–Kier alpha value is -2.95. The summed E-state index contributed by atoms with van der Waals surface area (Å²) in [6.45, 7) is 4.29. The standard InChI is InChI=1S/C18H18N4O/c1-12-5-4-10-19-16(12)11-20-18(23)22-15-7-3-6-14-9-8-13(2)21-17(14)15/h3-10H,11H2,1-2H3,(H2,20,22,23). The van der Waals surface area contributed by atoms with Crippen LogP contribution in [0.2, 0.25) is 0 Å². The van der Waals surface area contributed by atoms with Crippen LogP contribution in [0.4, 0.5) is 10.5 Å². The maximum atomic E-state index is 12.1. The molecular formula is C18H18N4O. The molecule has 0 aliphatic rings. The number of fused-ring (bicyclic) bond motifs is 1. The molecule has 2 aromatic heterocycles. The van der Waals surface area contributed by atoms with Gasteiger partial charge in [0.15, 0.2) is 0 Å². The van der Waals surface area contributed by atoms with Crippen molar-refractivity contribution < 1.29 is 4.79 Å². The summed E-state index contributed by atoms with van der Waals surface area (Å²) in [5, 5.41) is 6.68. The molecule has 0 saturated heterocycles. The van der Waals surface area contributed by atoms with Crippen molar-refractivity contribution in [3.63, 3.8) is 0 Å². The number of hydrogen-bond acceptors (Lipinski definition) is 3. The fraction of sp³-hybridized carbons (Fsp3) is 0.167. The lowest BCUT2D eigenvalue weighted by Gasteiger charge is -2.10. The summed E-state index contributed by atoms with van der Waals surface area (Å²) in [6.07, 6.45) is 1.72. The van der Waals surface area contributed by atoms with Crippen LogP contribution >= 0.6 is 0 Å². The number of aryl methyl sites for hydroxylation is 2. The van der Waals surface area contributed by atoms with Crippen LogP contribution in [0.25, 0.3) is 10.9 Å². The third kappa shape index (κ3) is 3.45. The van der Waals surface area contributed by atoms with Gasteiger partial charge in [-0.05, 0) is 37.6 Å². The van der Waals surface area contributed by atoms with E-state index >= 15 is 0 Å². The Morgan fingerprint density at radius 1 is 1.09 bits per heavy atom. The van der Waals surface area contributed by atoms with Gasteiger partial charge >= 0.3 is 6.03 Å². The Labute approximate surface area is 134 Å². The third-order valence-corrected chi connectivity index (χ3v) is 3.64. The summed E-state index contributed by atoms with van der Waals surface area (Å²) in [5.74, 6) is 0. The van der Waals surface area contributed by atoms with E-state index in [0.717, 1.165) is 27.9 Å². The van der Waals surface area contributed by atoms with Crippen molar-refractivity contribution in [3.05, 3.63) is 65.6 Å². The summed E-state index contributed by atoms with van der Waals surface area (Å²) in [7, 11) is 0. The lowest BCUT2D eigenvalue weighted by molar-refractivity contribution is 0.251. The van der Waals surface area contributed by atoms with Gasteiger partial charge < -0.3 is 10.6 Å². The van der Waals surface area contributed by atoms with E-state index in [0.29, 0.717) is 12.2 Å². The second kappa shape index (κ2) is 6.44. The first-order chi connectivity index (χ1) is 11.1. The summed E-state index contributed by atoms with van der Waals surface area (Å²) in [4.78, 5) is 20.9. The molecule has 0 radical (unpaired) electrons. The zero-order chi connectivity index (χ0) is 16.2. The van der Waals surface area contributed by atoms with Crippen LogP contribution in [0.15, 0.2) is 48.7 Å². The minimum absolute atomic E-state index is 0.272. The van der Waals surface area contributed by atoms with Gasteiger partial charge in [-0.1, -0.05) is 24.3 Å². The SMILES string of the molecule is Cc1ccc2cccc(NC(=O)NCc3ncccc3C)c2n1. The van der Waals surface area contributed by atoms with Crippen molar-refractivity contribution in [1.29, 1.82) is 0 Å². The first-order valence-corrected chi connectivity index (χ1v) is 7.45. The minimum atomic E-state index is -0.272. The number of nitrogens with zero attached hydrogens (tertiary/aromatic N) is 2. The smallest absolute Gasteiger partial charge is 0.319 e. The van der Waals surface area contributed by atoms with Gasteiger partial charge in [0.05, 0.1) is 23.4 Å². The van der Waals surface area contributed by atoms with E-state index in [1.54, 1.807) is 6.20 Å². The molecule has 23 heavy (non-hydrogen) atoms. The van der Waals surface area contributed by atoms with Crippen LogP contribution in [0.5, 0.6) is 0 Å². The molecule has 3 rings (SSSR count). The Kier molecular flexibility index (Phi) is 4.19. The molecule has 2 heterocycles. The third-order valence-electron chi connectivity index (χ3n) is 3.64. The van der Waals surface area contributed by atoms with Crippen LogP contribution in [0, 0.1) is 13.8 Å². The van der Waals surface area contributed by atoms with Gasteiger partial charge in [0.1, 0.15) is 0 Å². The maximum absolute atomic E-state index is 12.1. The molecule has 116 valence electrons. The van der Waals surface area contributed by atoms with Crippen molar-refractivity contribution in [2.75, 3.05) is 5.32 Å². The van der Waals surface area contributed by atoms with Crippen LogP contribution in [-0.2, 0) is 6.54 Å². The fourth-order valence-corrected chi connectivity index (χ4v) is 2.38.